The minimum absolute atomic E-state index is 0. The Kier molecular flexibility index (Phi) is 9.72. The van der Waals surface area contributed by atoms with Crippen LogP contribution in [0.2, 0.25) is 0 Å². The second-order valence-corrected chi connectivity index (χ2v) is 9.01. The first-order chi connectivity index (χ1) is 18.7. The van der Waals surface area contributed by atoms with E-state index in [2.05, 4.69) is 29.6 Å². The van der Waals surface area contributed by atoms with Crippen molar-refractivity contribution in [2.75, 3.05) is 0 Å². The Labute approximate surface area is 232 Å². The second-order valence-electron chi connectivity index (χ2n) is 9.01. The number of carboxylic acid groups (broad SMARTS) is 1. The summed E-state index contributed by atoms with van der Waals surface area (Å²) in [5.41, 5.74) is 5.17. The van der Waals surface area contributed by atoms with E-state index >= 15 is 0 Å². The van der Waals surface area contributed by atoms with Crippen LogP contribution < -0.4 is 5.32 Å². The summed E-state index contributed by atoms with van der Waals surface area (Å²) in [4.78, 5) is 24.3. The van der Waals surface area contributed by atoms with Gasteiger partial charge in [0.05, 0.1) is 5.56 Å². The molecule has 9 nitrogen and oxygen atoms in total. The van der Waals surface area contributed by atoms with Crippen LogP contribution in [0.25, 0.3) is 0 Å². The number of amides is 1. The molecule has 0 spiro atoms. The first-order valence-corrected chi connectivity index (χ1v) is 12.1. The molecule has 0 atom stereocenters. The fourth-order valence-electron chi connectivity index (χ4n) is 4.28. The maximum atomic E-state index is 12.3. The van der Waals surface area contributed by atoms with E-state index in [-0.39, 0.29) is 41.7 Å². The molecule has 0 aliphatic carbocycles. The quantitative estimate of drug-likeness (QED) is 0.207. The van der Waals surface area contributed by atoms with Gasteiger partial charge in [0, 0.05) is 38.3 Å². The van der Waals surface area contributed by atoms with Gasteiger partial charge in [-0.05, 0) is 46.5 Å². The summed E-state index contributed by atoms with van der Waals surface area (Å²) in [6.45, 7) is 3.21. The molecule has 0 fully saturated rings. The third-order valence-electron chi connectivity index (χ3n) is 6.30. The van der Waals surface area contributed by atoms with Gasteiger partial charge in [-0.1, -0.05) is 56.0 Å². The SMILES string of the molecule is C.O=C(O)c1ccc(O)cc1O.O=C(c1ccc(O)cc1O)N1Cc2ccccc2C1.c1ccc2c(c1)CNC2. The van der Waals surface area contributed by atoms with Gasteiger partial charge in [-0.15, -0.1) is 0 Å². The molecule has 2 heterocycles. The van der Waals surface area contributed by atoms with Crippen LogP contribution in [0.3, 0.4) is 0 Å². The second kappa shape index (κ2) is 13.2. The minimum Gasteiger partial charge on any atom is -0.508 e. The Morgan fingerprint density at radius 2 is 1.05 bits per heavy atom. The van der Waals surface area contributed by atoms with Crippen LogP contribution in [0.4, 0.5) is 0 Å². The molecular formula is C31H32N2O7. The van der Waals surface area contributed by atoms with Crippen LogP contribution in [-0.4, -0.2) is 42.3 Å². The molecule has 0 saturated carbocycles. The van der Waals surface area contributed by atoms with E-state index in [1.54, 1.807) is 4.90 Å². The van der Waals surface area contributed by atoms with Gasteiger partial charge in [0.15, 0.2) is 0 Å². The van der Waals surface area contributed by atoms with E-state index in [1.807, 2.05) is 24.3 Å². The van der Waals surface area contributed by atoms with Crippen molar-refractivity contribution in [3.63, 3.8) is 0 Å². The number of fused-ring (bicyclic) bond motifs is 2. The molecule has 0 bridgehead atoms. The van der Waals surface area contributed by atoms with Gasteiger partial charge in [0.25, 0.3) is 5.91 Å². The van der Waals surface area contributed by atoms with Crippen LogP contribution in [0.1, 0.15) is 50.4 Å². The third kappa shape index (κ3) is 7.09. The number of phenols is 4. The number of carboxylic acids is 1. The number of rotatable bonds is 2. The molecule has 6 N–H and O–H groups in total. The number of benzene rings is 4. The first-order valence-electron chi connectivity index (χ1n) is 12.1. The van der Waals surface area contributed by atoms with Gasteiger partial charge in [0.1, 0.15) is 28.6 Å². The van der Waals surface area contributed by atoms with E-state index in [9.17, 15) is 19.8 Å². The molecule has 0 aromatic heterocycles. The molecule has 208 valence electrons. The van der Waals surface area contributed by atoms with E-state index in [4.69, 9.17) is 15.3 Å². The number of aromatic carboxylic acids is 1. The normalized spacial score (nSPS) is 12.4. The maximum absolute atomic E-state index is 12.3. The summed E-state index contributed by atoms with van der Waals surface area (Å²) in [6, 6.07) is 23.7. The number of phenolic OH excluding ortho intramolecular Hbond substituents is 3. The zero-order valence-corrected chi connectivity index (χ0v) is 20.9. The summed E-state index contributed by atoms with van der Waals surface area (Å²) in [5.74, 6) is -2.29. The van der Waals surface area contributed by atoms with Crippen molar-refractivity contribution in [1.29, 1.82) is 0 Å². The topological polar surface area (TPSA) is 151 Å². The Bertz CT molecular complexity index is 1460. The number of nitrogens with zero attached hydrogens (tertiary/aromatic N) is 1. The Balaban J connectivity index is 0.000000179. The van der Waals surface area contributed by atoms with Crippen molar-refractivity contribution in [2.45, 2.75) is 33.6 Å². The highest BCUT2D eigenvalue weighted by molar-refractivity contribution is 5.97. The fraction of sp³-hybridized carbons (Fsp3) is 0.161. The van der Waals surface area contributed by atoms with Crippen LogP contribution in [-0.2, 0) is 26.2 Å². The smallest absolute Gasteiger partial charge is 0.339 e. The molecule has 2 aliphatic heterocycles. The average Bonchev–Trinajstić information content (AvgIpc) is 3.56. The molecular weight excluding hydrogens is 512 g/mol. The lowest BCUT2D eigenvalue weighted by molar-refractivity contribution is 0.0692. The molecule has 0 unspecified atom stereocenters. The van der Waals surface area contributed by atoms with Crippen LogP contribution >= 0.6 is 0 Å². The number of hydrogen-bond acceptors (Lipinski definition) is 7. The van der Waals surface area contributed by atoms with Gasteiger partial charge in [-0.2, -0.15) is 0 Å². The Hall–Kier alpha value is -5.02. The molecule has 0 radical (unpaired) electrons. The zero-order valence-electron chi connectivity index (χ0n) is 20.9. The zero-order chi connectivity index (χ0) is 27.9. The summed E-state index contributed by atoms with van der Waals surface area (Å²) >= 11 is 0. The maximum Gasteiger partial charge on any atom is 0.339 e. The molecule has 6 rings (SSSR count). The highest BCUT2D eigenvalue weighted by Crippen LogP contribution is 2.28. The predicted molar refractivity (Wildman–Crippen MR) is 150 cm³/mol. The summed E-state index contributed by atoms with van der Waals surface area (Å²) in [6.07, 6.45) is 0. The standard InChI is InChI=1S/C15H13NO3.C8H9N.C7H6O4.CH4/c17-12-5-6-13(14(18)7-12)15(19)16-8-10-3-1-2-4-11(10)9-16;1-2-4-8-6-9-5-7(8)3-1;8-4-1-2-5(7(10)11)6(9)3-4;/h1-7,17-18H,8-9H2;1-4,9H,5-6H2;1-3,8-9H,(H,10,11);1H4. The highest BCUT2D eigenvalue weighted by Gasteiger charge is 2.25. The summed E-state index contributed by atoms with van der Waals surface area (Å²) in [7, 11) is 0. The van der Waals surface area contributed by atoms with Crippen molar-refractivity contribution < 1.29 is 35.1 Å². The number of nitrogens with one attached hydrogen (secondary N) is 1. The van der Waals surface area contributed by atoms with Gasteiger partial charge >= 0.3 is 5.97 Å². The van der Waals surface area contributed by atoms with Crippen molar-refractivity contribution in [2.24, 2.45) is 0 Å². The van der Waals surface area contributed by atoms with Crippen LogP contribution in [0.15, 0.2) is 84.9 Å². The molecule has 4 aromatic rings. The monoisotopic (exact) mass is 544 g/mol. The van der Waals surface area contributed by atoms with Gasteiger partial charge in [-0.25, -0.2) is 4.79 Å². The number of hydrogen-bond donors (Lipinski definition) is 6. The average molecular weight is 545 g/mol. The van der Waals surface area contributed by atoms with Crippen molar-refractivity contribution in [3.05, 3.63) is 118 Å². The third-order valence-corrected chi connectivity index (χ3v) is 6.30. The lowest BCUT2D eigenvalue weighted by atomic mass is 10.1. The van der Waals surface area contributed by atoms with Gasteiger partial charge in [0.2, 0.25) is 0 Å². The lowest BCUT2D eigenvalue weighted by Gasteiger charge is -2.16. The van der Waals surface area contributed by atoms with Gasteiger partial charge in [-0.3, -0.25) is 4.79 Å². The molecule has 1 amide bonds. The number of aromatic hydroxyl groups is 4. The predicted octanol–water partition coefficient (Wildman–Crippen LogP) is 4.98. The largest absolute Gasteiger partial charge is 0.508 e. The first kappa shape index (κ1) is 29.5. The van der Waals surface area contributed by atoms with E-state index in [0.717, 1.165) is 36.3 Å². The summed E-state index contributed by atoms with van der Waals surface area (Å²) < 4.78 is 0. The van der Waals surface area contributed by atoms with Crippen LogP contribution in [0.5, 0.6) is 23.0 Å². The van der Waals surface area contributed by atoms with E-state index in [1.165, 1.54) is 35.4 Å². The van der Waals surface area contributed by atoms with Crippen LogP contribution in [0, 0.1) is 0 Å². The molecule has 2 aliphatic rings. The number of carbonyl (C=O) groups excluding carboxylic acids is 1. The highest BCUT2D eigenvalue weighted by atomic mass is 16.4. The minimum atomic E-state index is -1.22. The Morgan fingerprint density at radius 1 is 0.625 bits per heavy atom. The fourth-order valence-corrected chi connectivity index (χ4v) is 4.28. The molecule has 9 heteroatoms. The lowest BCUT2D eigenvalue weighted by Crippen LogP contribution is -2.25. The molecule has 0 saturated heterocycles. The summed E-state index contributed by atoms with van der Waals surface area (Å²) in [5, 5.41) is 48.4. The van der Waals surface area contributed by atoms with Gasteiger partial charge < -0.3 is 35.7 Å². The van der Waals surface area contributed by atoms with Crippen molar-refractivity contribution in [3.8, 4) is 23.0 Å². The van der Waals surface area contributed by atoms with Crippen molar-refractivity contribution in [1.82, 2.24) is 10.2 Å². The van der Waals surface area contributed by atoms with E-state index < -0.39 is 11.7 Å². The Morgan fingerprint density at radius 3 is 1.48 bits per heavy atom. The van der Waals surface area contributed by atoms with E-state index in [0.29, 0.717) is 13.1 Å². The molecule has 4 aromatic carbocycles. The number of carbonyl (C=O) groups is 2. The molecule has 40 heavy (non-hydrogen) atoms. The van der Waals surface area contributed by atoms with Crippen molar-refractivity contribution >= 4 is 11.9 Å².